The Hall–Kier alpha value is -2.35. The largest absolute Gasteiger partial charge is 0.449 e. The second kappa shape index (κ2) is 11.6. The predicted molar refractivity (Wildman–Crippen MR) is 161 cm³/mol. The lowest BCUT2D eigenvalue weighted by molar-refractivity contribution is 0.0979. The smallest absolute Gasteiger partial charge is 0.410 e. The predicted octanol–water partition coefficient (Wildman–Crippen LogP) is 8.14. The Labute approximate surface area is 250 Å². The standard InChI is InChI=1S/C29H28Cl2FIN4O2/c1-3-4-11-39-29(38)37-14-17-13-21(37)26(17)36-28-19-12-16(7-6-10-34)22(18-8-5-9-20(30)23(18)31)24(32)27(19)35-15(2)25(28)33/h5,8-9,12,17,21,26H,3-4,6-7,11,13-14H2,1-2H3,(H,35,36)/t17-,21-,26+/m1/s1. The number of amides is 1. The number of nitrogens with one attached hydrogen (secondary N) is 1. The fraction of sp³-hybridized carbons (Fsp3) is 0.414. The van der Waals surface area contributed by atoms with Crippen molar-refractivity contribution in [1.82, 2.24) is 9.88 Å². The molecule has 10 heteroatoms. The quantitative estimate of drug-likeness (QED) is 0.192. The molecule has 2 aliphatic heterocycles. The van der Waals surface area contributed by atoms with Gasteiger partial charge in [-0.25, -0.2) is 14.2 Å². The van der Waals surface area contributed by atoms with Gasteiger partial charge in [0.05, 0.1) is 49.8 Å². The summed E-state index contributed by atoms with van der Waals surface area (Å²) in [6.45, 7) is 4.99. The molecule has 2 saturated heterocycles. The van der Waals surface area contributed by atoms with Gasteiger partial charge < -0.3 is 15.0 Å². The average Bonchev–Trinajstić information content (AvgIpc) is 3.51. The van der Waals surface area contributed by atoms with E-state index >= 15 is 4.39 Å². The van der Waals surface area contributed by atoms with Crippen molar-refractivity contribution in [2.75, 3.05) is 18.5 Å². The number of ether oxygens (including phenoxy) is 1. The van der Waals surface area contributed by atoms with E-state index < -0.39 is 5.82 Å². The highest BCUT2D eigenvalue weighted by Crippen LogP contribution is 2.46. The summed E-state index contributed by atoms with van der Waals surface area (Å²) in [6, 6.07) is 9.25. The van der Waals surface area contributed by atoms with Gasteiger partial charge >= 0.3 is 6.09 Å². The van der Waals surface area contributed by atoms with Crippen molar-refractivity contribution in [1.29, 1.82) is 5.26 Å². The van der Waals surface area contributed by atoms with Gasteiger partial charge in [0.1, 0.15) is 5.52 Å². The fourth-order valence-corrected chi connectivity index (χ4v) is 6.58. The van der Waals surface area contributed by atoms with E-state index in [-0.39, 0.29) is 35.1 Å². The Morgan fingerprint density at radius 1 is 1.38 bits per heavy atom. The molecule has 3 aromatic rings. The molecule has 6 nitrogen and oxygen atoms in total. The average molecular weight is 681 g/mol. The molecule has 1 N–H and O–H groups in total. The number of hydrogen-bond donors (Lipinski definition) is 1. The summed E-state index contributed by atoms with van der Waals surface area (Å²) in [5, 5.41) is 14.2. The number of benzene rings is 2. The van der Waals surface area contributed by atoms with Gasteiger partial charge in [-0.15, -0.1) is 0 Å². The maximum Gasteiger partial charge on any atom is 0.410 e. The van der Waals surface area contributed by atoms with Gasteiger partial charge in [0, 0.05) is 35.4 Å². The van der Waals surface area contributed by atoms with Gasteiger partial charge in [0.15, 0.2) is 5.82 Å². The number of nitrogens with zero attached hydrogens (tertiary/aromatic N) is 3. The molecule has 1 saturated carbocycles. The number of carbonyl (C=O) groups excluding carboxylic acids is 1. The number of anilines is 1. The number of aromatic nitrogens is 1. The van der Waals surface area contributed by atoms with E-state index in [1.807, 2.05) is 17.9 Å². The number of carbonyl (C=O) groups is 1. The van der Waals surface area contributed by atoms with E-state index in [0.717, 1.165) is 28.5 Å². The van der Waals surface area contributed by atoms with Crippen LogP contribution in [0.5, 0.6) is 0 Å². The zero-order valence-corrected chi connectivity index (χ0v) is 25.3. The van der Waals surface area contributed by atoms with Crippen molar-refractivity contribution in [3.8, 4) is 17.2 Å². The van der Waals surface area contributed by atoms with Crippen molar-refractivity contribution in [2.45, 2.75) is 58.0 Å². The van der Waals surface area contributed by atoms with E-state index in [1.54, 1.807) is 18.2 Å². The Bertz CT molecular complexity index is 1490. The molecule has 3 fully saturated rings. The molecular weight excluding hydrogens is 653 g/mol. The molecule has 2 bridgehead atoms. The van der Waals surface area contributed by atoms with E-state index in [4.69, 9.17) is 27.9 Å². The normalized spacial score (nSPS) is 19.6. The van der Waals surface area contributed by atoms with Crippen LogP contribution >= 0.6 is 45.8 Å². The summed E-state index contributed by atoms with van der Waals surface area (Å²) in [5.74, 6) is -0.203. The number of nitriles is 1. The lowest BCUT2D eigenvalue weighted by Gasteiger charge is -2.38. The number of rotatable bonds is 8. The summed E-state index contributed by atoms with van der Waals surface area (Å²) in [7, 11) is 0. The maximum absolute atomic E-state index is 16.4. The second-order valence-electron chi connectivity index (χ2n) is 10.1. The van der Waals surface area contributed by atoms with Gasteiger partial charge in [-0.1, -0.05) is 48.7 Å². The Kier molecular flexibility index (Phi) is 8.41. The minimum atomic E-state index is -0.495. The summed E-state index contributed by atoms with van der Waals surface area (Å²) in [4.78, 5) is 19.1. The molecule has 0 radical (unpaired) electrons. The van der Waals surface area contributed by atoms with Gasteiger partial charge in [0.2, 0.25) is 0 Å². The third-order valence-corrected chi connectivity index (χ3v) is 9.84. The maximum atomic E-state index is 16.4. The molecule has 0 unspecified atom stereocenters. The molecule has 3 aliphatic rings. The molecule has 1 aliphatic carbocycles. The Morgan fingerprint density at radius 2 is 2.18 bits per heavy atom. The number of hydrogen-bond acceptors (Lipinski definition) is 5. The first-order chi connectivity index (χ1) is 18.8. The van der Waals surface area contributed by atoms with Crippen LogP contribution in [0.2, 0.25) is 10.0 Å². The molecule has 204 valence electrons. The number of fused-ring (bicyclic) bond motifs is 2. The van der Waals surface area contributed by atoms with Gasteiger partial charge in [-0.3, -0.25) is 0 Å². The lowest BCUT2D eigenvalue weighted by Crippen LogP contribution is -2.50. The molecule has 1 amide bonds. The van der Waals surface area contributed by atoms with Crippen LogP contribution in [0.25, 0.3) is 22.0 Å². The van der Waals surface area contributed by atoms with Crippen LogP contribution in [0.3, 0.4) is 0 Å². The Morgan fingerprint density at radius 3 is 2.92 bits per heavy atom. The molecule has 39 heavy (non-hydrogen) atoms. The first-order valence-corrected chi connectivity index (χ1v) is 14.9. The van der Waals surface area contributed by atoms with E-state index in [0.29, 0.717) is 58.3 Å². The van der Waals surface area contributed by atoms with Crippen LogP contribution in [0, 0.1) is 33.6 Å². The zero-order valence-electron chi connectivity index (χ0n) is 21.7. The minimum Gasteiger partial charge on any atom is -0.449 e. The highest BCUT2D eigenvalue weighted by atomic mass is 127. The van der Waals surface area contributed by atoms with Crippen molar-refractivity contribution in [3.63, 3.8) is 0 Å². The topological polar surface area (TPSA) is 78.2 Å². The minimum absolute atomic E-state index is 0.0240. The fourth-order valence-electron chi connectivity index (χ4n) is 5.62. The molecule has 1 aromatic heterocycles. The van der Waals surface area contributed by atoms with Crippen LogP contribution in [-0.4, -0.2) is 41.2 Å². The van der Waals surface area contributed by atoms with E-state index in [9.17, 15) is 10.1 Å². The SMILES string of the molecule is CCCCOC(=O)N1C[C@H]2C[C@@H]1[C@H]2Nc1c(I)c(C)nc2c(F)c(-c3cccc(Cl)c3Cl)c(CCC#N)cc12. The molecule has 2 aromatic carbocycles. The highest BCUT2D eigenvalue weighted by Gasteiger charge is 2.54. The lowest BCUT2D eigenvalue weighted by atomic mass is 9.79. The molecule has 3 atom stereocenters. The number of halogens is 4. The first-order valence-electron chi connectivity index (χ1n) is 13.1. The molecule has 6 rings (SSSR count). The summed E-state index contributed by atoms with van der Waals surface area (Å²) >= 11 is 15.0. The van der Waals surface area contributed by atoms with Crippen molar-refractivity contribution in [3.05, 3.63) is 55.0 Å². The Balaban J connectivity index is 1.56. The zero-order chi connectivity index (χ0) is 27.8. The van der Waals surface area contributed by atoms with Crippen LogP contribution in [0.1, 0.15) is 43.9 Å². The van der Waals surface area contributed by atoms with Crippen LogP contribution < -0.4 is 5.32 Å². The van der Waals surface area contributed by atoms with Gasteiger partial charge in [-0.05, 0) is 66.5 Å². The summed E-state index contributed by atoms with van der Waals surface area (Å²) in [6.07, 6.45) is 3.03. The van der Waals surface area contributed by atoms with E-state index in [1.165, 1.54) is 0 Å². The van der Waals surface area contributed by atoms with Crippen LogP contribution in [-0.2, 0) is 11.2 Å². The summed E-state index contributed by atoms with van der Waals surface area (Å²) < 4.78 is 22.8. The number of aryl methyl sites for hydroxylation is 2. The molecule has 3 heterocycles. The van der Waals surface area contributed by atoms with Crippen LogP contribution in [0.15, 0.2) is 24.3 Å². The van der Waals surface area contributed by atoms with Gasteiger partial charge in [-0.2, -0.15) is 5.26 Å². The van der Waals surface area contributed by atoms with Crippen molar-refractivity contribution >= 4 is 68.5 Å². The number of pyridine rings is 1. The third kappa shape index (κ3) is 5.14. The third-order valence-electron chi connectivity index (χ3n) is 7.70. The monoisotopic (exact) mass is 680 g/mol. The van der Waals surface area contributed by atoms with E-state index in [2.05, 4.69) is 45.9 Å². The van der Waals surface area contributed by atoms with Gasteiger partial charge in [0.25, 0.3) is 0 Å². The van der Waals surface area contributed by atoms with Crippen molar-refractivity contribution in [2.24, 2.45) is 5.92 Å². The molecular formula is C29H28Cl2FIN4O2. The first kappa shape index (κ1) is 28.2. The summed E-state index contributed by atoms with van der Waals surface area (Å²) in [5.41, 5.74) is 3.16. The highest BCUT2D eigenvalue weighted by molar-refractivity contribution is 14.1. The number of unbranched alkanes of at least 4 members (excludes halogenated alkanes) is 1. The second-order valence-corrected chi connectivity index (χ2v) is 12.0. The van der Waals surface area contributed by atoms with Crippen LogP contribution in [0.4, 0.5) is 14.9 Å². The van der Waals surface area contributed by atoms with Crippen molar-refractivity contribution < 1.29 is 13.9 Å². The molecule has 0 spiro atoms.